The van der Waals surface area contributed by atoms with Gasteiger partial charge in [-0.15, -0.1) is 11.3 Å². The van der Waals surface area contributed by atoms with Crippen LogP contribution in [0.4, 0.5) is 0 Å². The van der Waals surface area contributed by atoms with Crippen LogP contribution in [-0.2, 0) is 6.42 Å². The highest BCUT2D eigenvalue weighted by molar-refractivity contribution is 7.09. The second-order valence-corrected chi connectivity index (χ2v) is 9.89. The first-order valence-electron chi connectivity index (χ1n) is 8.54. The minimum atomic E-state index is 0.446. The number of hydrogen-bond acceptors (Lipinski definition) is 3. The SMILES string of the molecule is Cc1ncsc1CCNC12CC3CC(C)(CC(C)(C3)C1)C2. The Kier molecular flexibility index (Phi) is 3.07. The van der Waals surface area contributed by atoms with Crippen LogP contribution < -0.4 is 5.32 Å². The Morgan fingerprint density at radius 2 is 1.90 bits per heavy atom. The van der Waals surface area contributed by atoms with E-state index in [1.54, 1.807) is 0 Å². The van der Waals surface area contributed by atoms with Crippen LogP contribution in [0, 0.1) is 23.7 Å². The van der Waals surface area contributed by atoms with Crippen LogP contribution in [0.1, 0.15) is 62.9 Å². The van der Waals surface area contributed by atoms with Crippen molar-refractivity contribution in [1.29, 1.82) is 0 Å². The average Bonchev–Trinajstić information content (AvgIpc) is 2.70. The Morgan fingerprint density at radius 3 is 2.48 bits per heavy atom. The molecule has 1 aromatic heterocycles. The largest absolute Gasteiger partial charge is 0.311 e. The Hall–Kier alpha value is -0.410. The summed E-state index contributed by atoms with van der Waals surface area (Å²) in [6, 6.07) is 0. The molecule has 2 atom stereocenters. The van der Waals surface area contributed by atoms with Gasteiger partial charge in [-0.05, 0) is 68.6 Å². The van der Waals surface area contributed by atoms with Crippen molar-refractivity contribution < 1.29 is 0 Å². The van der Waals surface area contributed by atoms with Crippen molar-refractivity contribution in [3.05, 3.63) is 16.1 Å². The average molecular weight is 305 g/mol. The first-order chi connectivity index (χ1) is 9.90. The maximum atomic E-state index is 4.37. The van der Waals surface area contributed by atoms with Crippen LogP contribution in [0.3, 0.4) is 0 Å². The van der Waals surface area contributed by atoms with E-state index in [-0.39, 0.29) is 0 Å². The highest BCUT2D eigenvalue weighted by atomic mass is 32.1. The van der Waals surface area contributed by atoms with Crippen LogP contribution in [-0.4, -0.2) is 17.1 Å². The zero-order valence-corrected chi connectivity index (χ0v) is 14.5. The topological polar surface area (TPSA) is 24.9 Å². The minimum absolute atomic E-state index is 0.446. The van der Waals surface area contributed by atoms with Gasteiger partial charge in [0.1, 0.15) is 0 Å². The first kappa shape index (κ1) is 14.2. The molecule has 0 aliphatic heterocycles. The summed E-state index contributed by atoms with van der Waals surface area (Å²) >= 11 is 1.81. The van der Waals surface area contributed by atoms with Gasteiger partial charge in [0.05, 0.1) is 11.2 Å². The standard InChI is InChI=1S/C18H28N2S/c1-13-15(21-12-19-13)4-5-20-18-8-14-6-16(2,10-18)9-17(3,7-14)11-18/h12,14,20H,4-11H2,1-3H3. The van der Waals surface area contributed by atoms with Crippen LogP contribution in [0.2, 0.25) is 0 Å². The molecule has 2 nitrogen and oxygen atoms in total. The molecule has 4 saturated carbocycles. The summed E-state index contributed by atoms with van der Waals surface area (Å²) in [6.45, 7) is 8.37. The summed E-state index contributed by atoms with van der Waals surface area (Å²) in [4.78, 5) is 5.84. The molecular formula is C18H28N2S. The second kappa shape index (κ2) is 4.55. The zero-order chi connectivity index (χ0) is 14.7. The molecule has 4 bridgehead atoms. The van der Waals surface area contributed by atoms with E-state index in [1.165, 1.54) is 49.1 Å². The third-order valence-electron chi connectivity index (χ3n) is 6.32. The lowest BCUT2D eigenvalue weighted by Gasteiger charge is -2.65. The van der Waals surface area contributed by atoms with Gasteiger partial charge in [0, 0.05) is 17.0 Å². The molecule has 1 heterocycles. The quantitative estimate of drug-likeness (QED) is 0.895. The van der Waals surface area contributed by atoms with Crippen LogP contribution in [0.15, 0.2) is 5.51 Å². The highest BCUT2D eigenvalue weighted by Crippen LogP contribution is 2.66. The number of hydrogen-bond donors (Lipinski definition) is 1. The summed E-state index contributed by atoms with van der Waals surface area (Å²) in [5.74, 6) is 0.980. The maximum Gasteiger partial charge on any atom is 0.0797 e. The van der Waals surface area contributed by atoms with E-state index in [4.69, 9.17) is 0 Å². The maximum absolute atomic E-state index is 4.37. The second-order valence-electron chi connectivity index (χ2n) is 8.95. The third-order valence-corrected chi connectivity index (χ3v) is 7.32. The lowest BCUT2D eigenvalue weighted by atomic mass is 9.43. The fourth-order valence-corrected chi connectivity index (χ4v) is 7.43. The Labute approximate surface area is 132 Å². The van der Waals surface area contributed by atoms with E-state index < -0.39 is 0 Å². The van der Waals surface area contributed by atoms with Crippen molar-refractivity contribution in [2.45, 2.75) is 71.3 Å². The van der Waals surface area contributed by atoms with E-state index >= 15 is 0 Å². The van der Waals surface area contributed by atoms with Crippen molar-refractivity contribution in [3.63, 3.8) is 0 Å². The molecule has 0 amide bonds. The number of aromatic nitrogens is 1. The number of nitrogens with zero attached hydrogens (tertiary/aromatic N) is 1. The van der Waals surface area contributed by atoms with E-state index in [0.717, 1.165) is 18.9 Å². The number of nitrogens with one attached hydrogen (secondary N) is 1. The molecule has 116 valence electrons. The summed E-state index contributed by atoms with van der Waals surface area (Å²) in [5, 5.41) is 4.02. The fourth-order valence-electron chi connectivity index (χ4n) is 6.65. The van der Waals surface area contributed by atoms with Gasteiger partial charge in [-0.2, -0.15) is 0 Å². The van der Waals surface area contributed by atoms with Gasteiger partial charge in [0.2, 0.25) is 0 Å². The molecule has 4 aliphatic carbocycles. The molecule has 0 spiro atoms. The molecule has 0 saturated heterocycles. The fraction of sp³-hybridized carbons (Fsp3) is 0.833. The molecule has 21 heavy (non-hydrogen) atoms. The summed E-state index contributed by atoms with van der Waals surface area (Å²) in [7, 11) is 0. The van der Waals surface area contributed by atoms with Crippen LogP contribution in [0.5, 0.6) is 0 Å². The van der Waals surface area contributed by atoms with Gasteiger partial charge >= 0.3 is 0 Å². The molecular weight excluding hydrogens is 276 g/mol. The lowest BCUT2D eigenvalue weighted by Crippen LogP contribution is -2.64. The van der Waals surface area contributed by atoms with E-state index in [0.29, 0.717) is 16.4 Å². The molecule has 1 N–H and O–H groups in total. The first-order valence-corrected chi connectivity index (χ1v) is 9.42. The molecule has 0 radical (unpaired) electrons. The highest BCUT2D eigenvalue weighted by Gasteiger charge is 2.59. The molecule has 3 heteroatoms. The van der Waals surface area contributed by atoms with E-state index in [2.05, 4.69) is 31.1 Å². The Bertz CT molecular complexity index is 531. The Balaban J connectivity index is 1.46. The molecule has 1 aromatic rings. The Morgan fingerprint density at radius 1 is 1.19 bits per heavy atom. The van der Waals surface area contributed by atoms with Gasteiger partial charge in [-0.25, -0.2) is 4.98 Å². The number of rotatable bonds is 4. The normalized spacial score (nSPS) is 44.4. The summed E-state index contributed by atoms with van der Waals surface area (Å²) in [5.41, 5.74) is 4.88. The lowest BCUT2D eigenvalue weighted by molar-refractivity contribution is -0.117. The van der Waals surface area contributed by atoms with Gasteiger partial charge < -0.3 is 5.32 Å². The van der Waals surface area contributed by atoms with E-state index in [9.17, 15) is 0 Å². The van der Waals surface area contributed by atoms with Crippen molar-refractivity contribution >= 4 is 11.3 Å². The van der Waals surface area contributed by atoms with Crippen molar-refractivity contribution in [3.8, 4) is 0 Å². The van der Waals surface area contributed by atoms with Crippen molar-refractivity contribution in [2.75, 3.05) is 6.54 Å². The molecule has 4 fully saturated rings. The molecule has 4 aliphatic rings. The summed E-state index contributed by atoms with van der Waals surface area (Å²) < 4.78 is 0. The molecule has 5 rings (SSSR count). The molecule has 2 unspecified atom stereocenters. The zero-order valence-electron chi connectivity index (χ0n) is 13.7. The van der Waals surface area contributed by atoms with Gasteiger partial charge in [-0.1, -0.05) is 13.8 Å². The predicted octanol–water partition coefficient (Wildman–Crippen LogP) is 4.33. The van der Waals surface area contributed by atoms with Gasteiger partial charge in [0.15, 0.2) is 0 Å². The van der Waals surface area contributed by atoms with Crippen LogP contribution >= 0.6 is 11.3 Å². The smallest absolute Gasteiger partial charge is 0.0797 e. The number of aryl methyl sites for hydroxylation is 1. The van der Waals surface area contributed by atoms with Gasteiger partial charge in [0.25, 0.3) is 0 Å². The predicted molar refractivity (Wildman–Crippen MR) is 88.7 cm³/mol. The summed E-state index contributed by atoms with van der Waals surface area (Å²) in [6.07, 6.45) is 9.84. The monoisotopic (exact) mass is 304 g/mol. The third kappa shape index (κ3) is 2.46. The minimum Gasteiger partial charge on any atom is -0.311 e. The van der Waals surface area contributed by atoms with Gasteiger partial charge in [-0.3, -0.25) is 0 Å². The van der Waals surface area contributed by atoms with Crippen LogP contribution in [0.25, 0.3) is 0 Å². The molecule has 0 aromatic carbocycles. The van der Waals surface area contributed by atoms with Crippen molar-refractivity contribution in [2.24, 2.45) is 16.7 Å². The van der Waals surface area contributed by atoms with E-state index in [1.807, 2.05) is 16.8 Å². The van der Waals surface area contributed by atoms with Crippen molar-refractivity contribution in [1.82, 2.24) is 10.3 Å². The number of thiazole rings is 1.